The molecule has 2 unspecified atom stereocenters. The van der Waals surface area contributed by atoms with Crippen molar-refractivity contribution in [2.24, 2.45) is 5.11 Å². The van der Waals surface area contributed by atoms with Gasteiger partial charge in [0.15, 0.2) is 0 Å². The van der Waals surface area contributed by atoms with Crippen LogP contribution in [0.4, 0.5) is 0 Å². The molecule has 100 valence electrons. The fourth-order valence-corrected chi connectivity index (χ4v) is 1.47. The van der Waals surface area contributed by atoms with Gasteiger partial charge in [-0.1, -0.05) is 5.11 Å². The summed E-state index contributed by atoms with van der Waals surface area (Å²) in [4.78, 5) is 2.59. The van der Waals surface area contributed by atoms with Crippen LogP contribution in [0.5, 0.6) is 0 Å². The molecule has 0 spiro atoms. The highest BCUT2D eigenvalue weighted by molar-refractivity contribution is 5.10. The number of aliphatic hydroxyl groups is 2. The molecule has 0 aliphatic heterocycles. The van der Waals surface area contributed by atoms with E-state index in [1.807, 2.05) is 20.8 Å². The van der Waals surface area contributed by atoms with Crippen LogP contribution < -0.4 is 0 Å². The van der Waals surface area contributed by atoms with E-state index in [4.69, 9.17) is 5.53 Å². The van der Waals surface area contributed by atoms with Gasteiger partial charge in [0.2, 0.25) is 0 Å². The van der Waals surface area contributed by atoms with Gasteiger partial charge in [-0.15, -0.1) is 0 Å². The van der Waals surface area contributed by atoms with E-state index >= 15 is 0 Å². The number of nitrogens with zero attached hydrogens (tertiary/aromatic N) is 5. The summed E-state index contributed by atoms with van der Waals surface area (Å²) < 4.78 is 1.73. The highest BCUT2D eigenvalue weighted by Gasteiger charge is 2.21. The zero-order valence-corrected chi connectivity index (χ0v) is 10.9. The van der Waals surface area contributed by atoms with Crippen LogP contribution >= 0.6 is 0 Å². The molecule has 7 heteroatoms. The summed E-state index contributed by atoms with van der Waals surface area (Å²) in [5.74, 6) is 0. The summed E-state index contributed by atoms with van der Waals surface area (Å²) in [5, 5.41) is 27.1. The molecule has 1 aromatic rings. The molecule has 0 aliphatic carbocycles. The van der Waals surface area contributed by atoms with Crippen molar-refractivity contribution in [3.05, 3.63) is 28.4 Å². The number of azide groups is 1. The Kier molecular flexibility index (Phi) is 4.72. The maximum absolute atomic E-state index is 9.93. The summed E-state index contributed by atoms with van der Waals surface area (Å²) in [7, 11) is 0. The zero-order chi connectivity index (χ0) is 13.8. The minimum atomic E-state index is -1.02. The minimum Gasteiger partial charge on any atom is -0.390 e. The van der Waals surface area contributed by atoms with Crippen LogP contribution in [0.15, 0.2) is 17.5 Å². The normalized spacial score (nSPS) is 14.9. The second-order valence-corrected chi connectivity index (χ2v) is 5.14. The van der Waals surface area contributed by atoms with E-state index in [1.54, 1.807) is 10.9 Å². The van der Waals surface area contributed by atoms with Crippen LogP contribution in [0, 0.1) is 0 Å². The van der Waals surface area contributed by atoms with E-state index in [0.717, 1.165) is 0 Å². The molecule has 0 bridgehead atoms. The first kappa shape index (κ1) is 14.5. The molecular weight excluding hydrogens is 234 g/mol. The monoisotopic (exact) mass is 253 g/mol. The fraction of sp³-hybridized carbons (Fsp3) is 0.727. The van der Waals surface area contributed by atoms with Crippen molar-refractivity contribution in [2.45, 2.75) is 44.9 Å². The van der Waals surface area contributed by atoms with E-state index in [-0.39, 0.29) is 18.5 Å². The Bertz CT molecular complexity index is 431. The lowest BCUT2D eigenvalue weighted by Gasteiger charge is -2.19. The third kappa shape index (κ3) is 3.73. The van der Waals surface area contributed by atoms with Crippen LogP contribution in [-0.4, -0.2) is 32.6 Å². The first-order valence-corrected chi connectivity index (χ1v) is 5.78. The number of aliphatic hydroxyl groups excluding tert-OH is 2. The third-order valence-corrected chi connectivity index (χ3v) is 2.58. The van der Waals surface area contributed by atoms with Gasteiger partial charge in [-0.3, -0.25) is 4.68 Å². The lowest BCUT2D eigenvalue weighted by molar-refractivity contribution is 0.0149. The van der Waals surface area contributed by atoms with Crippen LogP contribution in [0.1, 0.15) is 38.9 Å². The van der Waals surface area contributed by atoms with Crippen molar-refractivity contribution in [1.29, 1.82) is 0 Å². The number of hydrogen-bond donors (Lipinski definition) is 2. The predicted octanol–water partition coefficient (Wildman–Crippen LogP) is 1.73. The number of hydrogen-bond acceptors (Lipinski definition) is 4. The van der Waals surface area contributed by atoms with Gasteiger partial charge >= 0.3 is 0 Å². The molecule has 1 rings (SSSR count). The molecular formula is C11H19N5O2. The Morgan fingerprint density at radius 1 is 1.50 bits per heavy atom. The Balaban J connectivity index is 2.69. The van der Waals surface area contributed by atoms with Gasteiger partial charge in [-0.2, -0.15) is 5.10 Å². The molecule has 0 saturated carbocycles. The van der Waals surface area contributed by atoms with E-state index in [2.05, 4.69) is 15.1 Å². The average Bonchev–Trinajstić information content (AvgIpc) is 2.77. The van der Waals surface area contributed by atoms with Crippen molar-refractivity contribution in [3.63, 3.8) is 0 Å². The largest absolute Gasteiger partial charge is 0.390 e. The number of aromatic nitrogens is 2. The van der Waals surface area contributed by atoms with Gasteiger partial charge in [-0.25, -0.2) is 0 Å². The van der Waals surface area contributed by atoms with Crippen molar-refractivity contribution >= 4 is 0 Å². The van der Waals surface area contributed by atoms with Crippen molar-refractivity contribution in [1.82, 2.24) is 9.78 Å². The molecule has 0 aliphatic rings. The Labute approximate surface area is 106 Å². The van der Waals surface area contributed by atoms with Gasteiger partial charge in [0.1, 0.15) is 6.10 Å². The summed E-state index contributed by atoms with van der Waals surface area (Å²) in [5.41, 5.74) is 8.51. The molecule has 18 heavy (non-hydrogen) atoms. The summed E-state index contributed by atoms with van der Waals surface area (Å²) in [6.45, 7) is 6.14. The minimum absolute atomic E-state index is 0.155. The first-order chi connectivity index (χ1) is 8.36. The maximum atomic E-state index is 9.93. The van der Waals surface area contributed by atoms with E-state index < -0.39 is 12.2 Å². The Morgan fingerprint density at radius 3 is 2.67 bits per heavy atom. The third-order valence-electron chi connectivity index (χ3n) is 2.58. The lowest BCUT2D eigenvalue weighted by atomic mass is 10.1. The van der Waals surface area contributed by atoms with E-state index in [0.29, 0.717) is 5.56 Å². The smallest absolute Gasteiger partial charge is 0.108 e. The van der Waals surface area contributed by atoms with Crippen molar-refractivity contribution in [3.8, 4) is 0 Å². The molecule has 2 N–H and O–H groups in total. The van der Waals surface area contributed by atoms with Gasteiger partial charge in [0.05, 0.1) is 17.8 Å². The Morgan fingerprint density at radius 2 is 2.17 bits per heavy atom. The molecule has 2 atom stereocenters. The molecule has 1 heterocycles. The standard InChI is InChI=1S/C11H19N5O2/c1-11(2,3)16-7-8(6-14-16)10(18)9(17)4-5-13-15-12/h6-7,9-10,17-18H,4-5H2,1-3H3. The Hall–Kier alpha value is -1.56. The van der Waals surface area contributed by atoms with Gasteiger partial charge in [0, 0.05) is 23.2 Å². The molecule has 0 radical (unpaired) electrons. The average molecular weight is 253 g/mol. The van der Waals surface area contributed by atoms with Crippen LogP contribution in [-0.2, 0) is 5.54 Å². The molecule has 0 saturated heterocycles. The SMILES string of the molecule is CC(C)(C)n1cc(C(O)C(O)CCN=[N+]=[N-])cn1. The molecule has 0 amide bonds. The van der Waals surface area contributed by atoms with Crippen molar-refractivity contribution in [2.75, 3.05) is 6.54 Å². The topological polar surface area (TPSA) is 107 Å². The lowest BCUT2D eigenvalue weighted by Crippen LogP contribution is -2.22. The summed E-state index contributed by atoms with van der Waals surface area (Å²) in [6.07, 6.45) is 1.48. The van der Waals surface area contributed by atoms with Crippen LogP contribution in [0.2, 0.25) is 0 Å². The second kappa shape index (κ2) is 5.86. The molecule has 0 aromatic carbocycles. The summed E-state index contributed by atoms with van der Waals surface area (Å²) >= 11 is 0. The van der Waals surface area contributed by atoms with E-state index in [9.17, 15) is 10.2 Å². The fourth-order valence-electron chi connectivity index (χ4n) is 1.47. The number of rotatable bonds is 5. The zero-order valence-electron chi connectivity index (χ0n) is 10.9. The molecule has 0 fully saturated rings. The van der Waals surface area contributed by atoms with Crippen LogP contribution in [0.25, 0.3) is 10.4 Å². The highest BCUT2D eigenvalue weighted by atomic mass is 16.3. The molecule has 7 nitrogen and oxygen atoms in total. The first-order valence-electron chi connectivity index (χ1n) is 5.78. The van der Waals surface area contributed by atoms with Gasteiger partial charge in [0.25, 0.3) is 0 Å². The van der Waals surface area contributed by atoms with Gasteiger partial charge in [-0.05, 0) is 32.7 Å². The maximum Gasteiger partial charge on any atom is 0.108 e. The van der Waals surface area contributed by atoms with Crippen LogP contribution in [0.3, 0.4) is 0 Å². The van der Waals surface area contributed by atoms with Gasteiger partial charge < -0.3 is 10.2 Å². The van der Waals surface area contributed by atoms with Crippen molar-refractivity contribution < 1.29 is 10.2 Å². The molecule has 1 aromatic heterocycles. The highest BCUT2D eigenvalue weighted by Crippen LogP contribution is 2.21. The quantitative estimate of drug-likeness (QED) is 0.474. The second-order valence-electron chi connectivity index (χ2n) is 5.14. The summed E-state index contributed by atoms with van der Waals surface area (Å²) in [6, 6.07) is 0. The van der Waals surface area contributed by atoms with E-state index in [1.165, 1.54) is 6.20 Å². The predicted molar refractivity (Wildman–Crippen MR) is 66.8 cm³/mol.